The van der Waals surface area contributed by atoms with Crippen molar-refractivity contribution < 1.29 is 23.3 Å². The van der Waals surface area contributed by atoms with E-state index in [0.717, 1.165) is 12.1 Å². The third-order valence-corrected chi connectivity index (χ3v) is 4.52. The van der Waals surface area contributed by atoms with Gasteiger partial charge in [-0.3, -0.25) is 14.0 Å². The summed E-state index contributed by atoms with van der Waals surface area (Å²) >= 11 is 0. The third-order valence-electron chi connectivity index (χ3n) is 3.74. The van der Waals surface area contributed by atoms with Gasteiger partial charge in [-0.1, -0.05) is 6.07 Å². The molecule has 2 heterocycles. The van der Waals surface area contributed by atoms with E-state index in [1.165, 1.54) is 12.3 Å². The number of carbonyl (C=O) groups is 1. The predicted octanol–water partition coefficient (Wildman–Crippen LogP) is 1.86. The van der Waals surface area contributed by atoms with Crippen molar-refractivity contribution in [2.24, 2.45) is 0 Å². The highest BCUT2D eigenvalue weighted by Crippen LogP contribution is 2.27. The first-order valence-electron chi connectivity index (χ1n) is 7.74. The number of aromatic nitrogens is 2. The van der Waals surface area contributed by atoms with Gasteiger partial charge in [0.25, 0.3) is 5.91 Å². The largest absolute Gasteiger partial charge is 0.412 e. The Labute approximate surface area is 156 Å². The molecule has 1 amide bonds. The second kappa shape index (κ2) is 8.74. The van der Waals surface area contributed by atoms with Crippen LogP contribution in [0.4, 0.5) is 8.78 Å². The predicted molar refractivity (Wildman–Crippen MR) is 99.8 cm³/mol. The standard InChI is InChI=1S/C18H15F2N3O2S.H2O/c1-26(25)7-6-22-18(24)16-5-3-12-9-21-10-13(17(12)23-16)11-2-4-14(19)15(20)8-11;/h2-5,8-10H,6-7H2,1H3,(H,22,24);1H2. The van der Waals surface area contributed by atoms with Crippen molar-refractivity contribution in [2.75, 3.05) is 18.6 Å². The maximum absolute atomic E-state index is 13.6. The summed E-state index contributed by atoms with van der Waals surface area (Å²) in [4.78, 5) is 20.7. The Bertz CT molecular complexity index is 1010. The first kappa shape index (κ1) is 20.5. The molecule has 9 heteroatoms. The quantitative estimate of drug-likeness (QED) is 0.714. The number of benzene rings is 1. The molecule has 0 fully saturated rings. The Morgan fingerprint density at radius 3 is 2.63 bits per heavy atom. The van der Waals surface area contributed by atoms with E-state index < -0.39 is 28.3 Å². The number of hydrogen-bond donors (Lipinski definition) is 1. The SMILES string of the molecule is CS(=O)CCNC(=O)c1ccc2cncc(-c3ccc(F)c(F)c3)c2n1.O. The van der Waals surface area contributed by atoms with Gasteiger partial charge in [0.2, 0.25) is 0 Å². The number of hydrogen-bond acceptors (Lipinski definition) is 4. The Balaban J connectivity index is 0.00000261. The van der Waals surface area contributed by atoms with E-state index >= 15 is 0 Å². The number of pyridine rings is 2. The lowest BCUT2D eigenvalue weighted by atomic mass is 10.0. The minimum atomic E-state index is -1.00. The third kappa shape index (κ3) is 4.69. The number of halogens is 2. The summed E-state index contributed by atoms with van der Waals surface area (Å²) in [6.07, 6.45) is 4.62. The Kier molecular flexibility index (Phi) is 6.65. The minimum absolute atomic E-state index is 0. The Morgan fingerprint density at radius 1 is 1.15 bits per heavy atom. The first-order valence-corrected chi connectivity index (χ1v) is 9.47. The minimum Gasteiger partial charge on any atom is -0.412 e. The molecule has 1 unspecified atom stereocenters. The molecule has 3 rings (SSSR count). The molecule has 2 aromatic heterocycles. The molecule has 0 spiro atoms. The number of nitrogens with one attached hydrogen (secondary N) is 1. The Hall–Kier alpha value is -2.78. The molecule has 27 heavy (non-hydrogen) atoms. The molecule has 0 bridgehead atoms. The fraction of sp³-hybridized carbons (Fsp3) is 0.167. The summed E-state index contributed by atoms with van der Waals surface area (Å²) < 4.78 is 37.8. The molecule has 1 aromatic carbocycles. The van der Waals surface area contributed by atoms with Crippen LogP contribution in [0.1, 0.15) is 10.5 Å². The second-order valence-electron chi connectivity index (χ2n) is 5.62. The highest BCUT2D eigenvalue weighted by atomic mass is 32.2. The lowest BCUT2D eigenvalue weighted by Gasteiger charge is -2.08. The Morgan fingerprint density at radius 2 is 1.93 bits per heavy atom. The molecular formula is C18H17F2N3O3S. The summed E-state index contributed by atoms with van der Waals surface area (Å²) in [6.45, 7) is 0.272. The van der Waals surface area contributed by atoms with E-state index in [9.17, 15) is 17.8 Å². The summed E-state index contributed by atoms with van der Waals surface area (Å²) in [5.74, 6) is -1.96. The van der Waals surface area contributed by atoms with Crippen LogP contribution >= 0.6 is 0 Å². The van der Waals surface area contributed by atoms with Crippen molar-refractivity contribution >= 4 is 27.6 Å². The first-order chi connectivity index (χ1) is 12.5. The van der Waals surface area contributed by atoms with Crippen LogP contribution in [0.3, 0.4) is 0 Å². The van der Waals surface area contributed by atoms with Gasteiger partial charge in [-0.15, -0.1) is 0 Å². The zero-order valence-corrected chi connectivity index (χ0v) is 15.1. The molecule has 0 aliphatic carbocycles. The van der Waals surface area contributed by atoms with Gasteiger partial charge in [0.1, 0.15) is 5.69 Å². The monoisotopic (exact) mass is 393 g/mol. The number of nitrogens with zero attached hydrogens (tertiary/aromatic N) is 2. The van der Waals surface area contributed by atoms with Crippen molar-refractivity contribution in [3.8, 4) is 11.1 Å². The van der Waals surface area contributed by atoms with Gasteiger partial charge in [0.05, 0.1) is 5.52 Å². The summed E-state index contributed by atoms with van der Waals surface area (Å²) in [7, 11) is -1.00. The topological polar surface area (TPSA) is 103 Å². The number of fused-ring (bicyclic) bond motifs is 1. The summed E-state index contributed by atoms with van der Waals surface area (Å²) in [5, 5.41) is 3.32. The number of amides is 1. The smallest absolute Gasteiger partial charge is 0.269 e. The molecule has 0 saturated heterocycles. The van der Waals surface area contributed by atoms with Gasteiger partial charge in [-0.05, 0) is 29.8 Å². The van der Waals surface area contributed by atoms with E-state index in [2.05, 4.69) is 15.3 Å². The van der Waals surface area contributed by atoms with Crippen LogP contribution < -0.4 is 5.32 Å². The second-order valence-corrected chi connectivity index (χ2v) is 7.17. The highest BCUT2D eigenvalue weighted by Gasteiger charge is 2.13. The summed E-state index contributed by atoms with van der Waals surface area (Å²) in [5.41, 5.74) is 1.53. The van der Waals surface area contributed by atoms with E-state index in [1.54, 1.807) is 24.6 Å². The molecule has 0 aliphatic heterocycles. The lowest BCUT2D eigenvalue weighted by molar-refractivity contribution is 0.0951. The molecule has 0 radical (unpaired) electrons. The molecule has 0 saturated carbocycles. The van der Waals surface area contributed by atoms with Crippen LogP contribution in [0.25, 0.3) is 22.0 Å². The fourth-order valence-electron chi connectivity index (χ4n) is 2.44. The van der Waals surface area contributed by atoms with Crippen LogP contribution in [-0.4, -0.2) is 44.1 Å². The van der Waals surface area contributed by atoms with Gasteiger partial charge in [0.15, 0.2) is 11.6 Å². The van der Waals surface area contributed by atoms with Crippen molar-refractivity contribution in [3.05, 3.63) is 60.1 Å². The molecule has 1 atom stereocenters. The number of carbonyl (C=O) groups excluding carboxylic acids is 1. The highest BCUT2D eigenvalue weighted by molar-refractivity contribution is 7.84. The van der Waals surface area contributed by atoms with Crippen LogP contribution in [0.2, 0.25) is 0 Å². The van der Waals surface area contributed by atoms with Crippen molar-refractivity contribution in [3.63, 3.8) is 0 Å². The zero-order chi connectivity index (χ0) is 18.7. The number of rotatable bonds is 5. The van der Waals surface area contributed by atoms with Crippen molar-refractivity contribution in [1.29, 1.82) is 0 Å². The summed E-state index contributed by atoms with van der Waals surface area (Å²) in [6, 6.07) is 6.77. The molecule has 6 nitrogen and oxygen atoms in total. The van der Waals surface area contributed by atoms with Crippen LogP contribution in [-0.2, 0) is 10.8 Å². The van der Waals surface area contributed by atoms with E-state index in [1.807, 2.05) is 0 Å². The van der Waals surface area contributed by atoms with E-state index in [-0.39, 0.29) is 17.7 Å². The fourth-order valence-corrected chi connectivity index (χ4v) is 2.83. The van der Waals surface area contributed by atoms with E-state index in [0.29, 0.717) is 27.8 Å². The molecule has 142 valence electrons. The average Bonchev–Trinajstić information content (AvgIpc) is 2.62. The van der Waals surface area contributed by atoms with Crippen LogP contribution in [0, 0.1) is 11.6 Å². The van der Waals surface area contributed by atoms with Gasteiger partial charge < -0.3 is 10.8 Å². The van der Waals surface area contributed by atoms with Crippen molar-refractivity contribution in [2.45, 2.75) is 0 Å². The maximum atomic E-state index is 13.6. The van der Waals surface area contributed by atoms with Gasteiger partial charge >= 0.3 is 0 Å². The maximum Gasteiger partial charge on any atom is 0.269 e. The molecule has 3 N–H and O–H groups in total. The van der Waals surface area contributed by atoms with Crippen LogP contribution in [0.15, 0.2) is 42.7 Å². The van der Waals surface area contributed by atoms with E-state index in [4.69, 9.17) is 0 Å². The zero-order valence-electron chi connectivity index (χ0n) is 14.3. The van der Waals surface area contributed by atoms with Crippen molar-refractivity contribution in [1.82, 2.24) is 15.3 Å². The van der Waals surface area contributed by atoms with Crippen LogP contribution in [0.5, 0.6) is 0 Å². The van der Waals surface area contributed by atoms with Gasteiger partial charge in [-0.2, -0.15) is 0 Å². The lowest BCUT2D eigenvalue weighted by Crippen LogP contribution is -2.28. The normalized spacial score (nSPS) is 11.7. The van der Waals surface area contributed by atoms with Gasteiger partial charge in [-0.25, -0.2) is 13.8 Å². The average molecular weight is 393 g/mol. The molecular weight excluding hydrogens is 376 g/mol. The molecule has 0 aliphatic rings. The van der Waals surface area contributed by atoms with Gasteiger partial charge in [0, 0.05) is 52.7 Å². The molecule has 3 aromatic rings.